The lowest BCUT2D eigenvalue weighted by Crippen LogP contribution is -2.52. The first-order valence-corrected chi connectivity index (χ1v) is 13.2. The average Bonchev–Trinajstić information content (AvgIpc) is 3.48. The predicted octanol–water partition coefficient (Wildman–Crippen LogP) is 3.89. The normalized spacial score (nSPS) is 24.6. The molecule has 40 heavy (non-hydrogen) atoms. The number of methoxy groups -OCH3 is 2. The molecule has 0 radical (unpaired) electrons. The first-order valence-electron chi connectivity index (χ1n) is 13.2. The Kier molecular flexibility index (Phi) is 9.60. The van der Waals surface area contributed by atoms with E-state index in [9.17, 15) is 9.59 Å². The van der Waals surface area contributed by atoms with Crippen molar-refractivity contribution in [2.45, 2.75) is 75.9 Å². The fourth-order valence-corrected chi connectivity index (χ4v) is 4.85. The third-order valence-corrected chi connectivity index (χ3v) is 6.73. The first-order chi connectivity index (χ1) is 19.0. The van der Waals surface area contributed by atoms with Crippen molar-refractivity contribution in [3.63, 3.8) is 0 Å². The lowest BCUT2D eigenvalue weighted by atomic mass is 10.0. The summed E-state index contributed by atoms with van der Waals surface area (Å²) in [6.45, 7) is 7.19. The van der Waals surface area contributed by atoms with Gasteiger partial charge in [0.2, 0.25) is 0 Å². The van der Waals surface area contributed by atoms with E-state index in [1.807, 2.05) is 12.1 Å². The second-order valence-corrected chi connectivity index (χ2v) is 10.6. The van der Waals surface area contributed by atoms with Gasteiger partial charge in [0.05, 0.1) is 13.2 Å². The zero-order valence-electron chi connectivity index (χ0n) is 23.7. The second-order valence-electron chi connectivity index (χ2n) is 10.6. The van der Waals surface area contributed by atoms with Gasteiger partial charge in [0.15, 0.2) is 36.0 Å². The van der Waals surface area contributed by atoms with Gasteiger partial charge in [-0.3, -0.25) is 0 Å². The highest BCUT2D eigenvalue weighted by Gasteiger charge is 2.51. The van der Waals surface area contributed by atoms with Crippen molar-refractivity contribution in [3.8, 4) is 0 Å². The van der Waals surface area contributed by atoms with Crippen LogP contribution in [-0.4, -0.2) is 75.4 Å². The maximum atomic E-state index is 13.6. The molecule has 0 aliphatic carbocycles. The molecule has 6 atom stereocenters. The van der Waals surface area contributed by atoms with E-state index in [0.29, 0.717) is 11.1 Å². The van der Waals surface area contributed by atoms with Crippen LogP contribution in [0.15, 0.2) is 60.7 Å². The summed E-state index contributed by atoms with van der Waals surface area (Å²) in [6, 6.07) is 17.9. The minimum atomic E-state index is -1.13. The van der Waals surface area contributed by atoms with Crippen LogP contribution in [0, 0.1) is 0 Å². The molecule has 2 heterocycles. The number of hydrogen-bond donors (Lipinski definition) is 0. The highest BCUT2D eigenvalue weighted by atomic mass is 16.8. The summed E-state index contributed by atoms with van der Waals surface area (Å²) in [4.78, 5) is 27.1. The summed E-state index contributed by atoms with van der Waals surface area (Å²) < 4.78 is 47.0. The predicted molar refractivity (Wildman–Crippen MR) is 142 cm³/mol. The molecule has 218 valence electrons. The Morgan fingerprint density at radius 3 is 1.30 bits per heavy atom. The zero-order valence-corrected chi connectivity index (χ0v) is 23.7. The summed E-state index contributed by atoms with van der Waals surface area (Å²) in [5, 5.41) is 0. The second kappa shape index (κ2) is 12.8. The van der Waals surface area contributed by atoms with Crippen LogP contribution in [0.5, 0.6) is 0 Å². The number of carbonyl (C=O) groups excluding carboxylic acids is 2. The van der Waals surface area contributed by atoms with Crippen LogP contribution in [0.2, 0.25) is 0 Å². The monoisotopic (exact) mass is 558 g/mol. The number of benzene rings is 2. The lowest BCUT2D eigenvalue weighted by molar-refractivity contribution is -0.216. The molecular weight excluding hydrogens is 520 g/mol. The van der Waals surface area contributed by atoms with Gasteiger partial charge in [0.25, 0.3) is 0 Å². The van der Waals surface area contributed by atoms with E-state index in [1.165, 1.54) is 14.2 Å². The molecule has 2 aromatic carbocycles. The van der Waals surface area contributed by atoms with Gasteiger partial charge in [0.1, 0.15) is 12.2 Å². The number of hydrogen-bond acceptors (Lipinski definition) is 10. The van der Waals surface area contributed by atoms with Gasteiger partial charge in [0, 0.05) is 14.2 Å². The molecule has 2 aliphatic heterocycles. The number of carbonyl (C=O) groups is 2. The van der Waals surface area contributed by atoms with E-state index in [-0.39, 0.29) is 13.2 Å². The van der Waals surface area contributed by atoms with Gasteiger partial charge in [-0.05, 0) is 38.8 Å². The van der Waals surface area contributed by atoms with Gasteiger partial charge in [-0.2, -0.15) is 0 Å². The van der Waals surface area contributed by atoms with E-state index in [2.05, 4.69) is 0 Å². The Hall–Kier alpha value is -2.86. The summed E-state index contributed by atoms with van der Waals surface area (Å²) in [7, 11) is 2.84. The molecule has 4 rings (SSSR count). The number of rotatable bonds is 11. The molecular formula is C30H38O10. The van der Waals surface area contributed by atoms with Gasteiger partial charge in [-0.25, -0.2) is 9.59 Å². The Labute approximate surface area is 234 Å². The van der Waals surface area contributed by atoms with E-state index in [0.717, 1.165) is 0 Å². The maximum Gasteiger partial charge on any atom is 0.340 e. The molecule has 0 unspecified atom stereocenters. The van der Waals surface area contributed by atoms with Crippen LogP contribution in [0.1, 0.15) is 51.0 Å². The summed E-state index contributed by atoms with van der Waals surface area (Å²) in [5.74, 6) is -3.26. The SMILES string of the molecule is CO[C@H](C(=O)O[C@@H]([C@H](OC(=O)[C@@H](OC)c1ccccc1)[C@H]1COC(C)(C)O1)[C@H]1COC(C)(C)O1)c1ccccc1. The number of ether oxygens (including phenoxy) is 8. The van der Waals surface area contributed by atoms with Crippen molar-refractivity contribution in [1.29, 1.82) is 0 Å². The largest absolute Gasteiger partial charge is 0.453 e. The fourth-order valence-electron chi connectivity index (χ4n) is 4.85. The summed E-state index contributed by atoms with van der Waals surface area (Å²) >= 11 is 0. The van der Waals surface area contributed by atoms with Gasteiger partial charge in [-0.1, -0.05) is 60.7 Å². The molecule has 0 saturated carbocycles. The van der Waals surface area contributed by atoms with Crippen LogP contribution in [0.3, 0.4) is 0 Å². The quantitative estimate of drug-likeness (QED) is 0.377. The lowest BCUT2D eigenvalue weighted by Gasteiger charge is -2.35. The molecule has 2 aliphatic rings. The zero-order chi connectivity index (χ0) is 28.9. The van der Waals surface area contributed by atoms with Gasteiger partial charge in [-0.15, -0.1) is 0 Å². The molecule has 0 N–H and O–H groups in total. The van der Waals surface area contributed by atoms with Crippen molar-refractivity contribution < 1.29 is 47.5 Å². The van der Waals surface area contributed by atoms with E-state index in [1.54, 1.807) is 76.2 Å². The molecule has 0 spiro atoms. The Bertz CT molecular complexity index is 1030. The molecule has 10 nitrogen and oxygen atoms in total. The minimum Gasteiger partial charge on any atom is -0.453 e. The van der Waals surface area contributed by atoms with E-state index >= 15 is 0 Å². The third kappa shape index (κ3) is 7.25. The topological polar surface area (TPSA) is 108 Å². The average molecular weight is 559 g/mol. The van der Waals surface area contributed by atoms with Crippen molar-refractivity contribution in [3.05, 3.63) is 71.8 Å². The van der Waals surface area contributed by atoms with E-state index in [4.69, 9.17) is 37.9 Å². The van der Waals surface area contributed by atoms with Crippen molar-refractivity contribution in [1.82, 2.24) is 0 Å². The molecule has 0 bridgehead atoms. The molecule has 2 saturated heterocycles. The van der Waals surface area contributed by atoms with Crippen molar-refractivity contribution >= 4 is 11.9 Å². The maximum absolute atomic E-state index is 13.6. The highest BCUT2D eigenvalue weighted by Crippen LogP contribution is 2.34. The summed E-state index contributed by atoms with van der Waals surface area (Å²) in [5.41, 5.74) is 1.22. The standard InChI is InChI=1S/C30H38O10/c1-29(2)35-17-21(39-29)25(37-27(31)23(33-5)19-13-9-7-10-14-19)26(22-18-36-30(3,4)40-22)38-28(32)24(34-6)20-15-11-8-12-16-20/h7-16,21-26H,17-18H2,1-6H3/t21-,22-,23+,24+,25-,26-/m1/s1. The van der Waals surface area contributed by atoms with Crippen molar-refractivity contribution in [2.24, 2.45) is 0 Å². The van der Waals surface area contributed by atoms with Crippen molar-refractivity contribution in [2.75, 3.05) is 27.4 Å². The van der Waals surface area contributed by atoms with Gasteiger partial charge < -0.3 is 37.9 Å². The van der Waals surface area contributed by atoms with Crippen LogP contribution < -0.4 is 0 Å². The van der Waals surface area contributed by atoms with E-state index < -0.39 is 60.1 Å². The third-order valence-electron chi connectivity index (χ3n) is 6.73. The van der Waals surface area contributed by atoms with Crippen LogP contribution >= 0.6 is 0 Å². The van der Waals surface area contributed by atoms with Gasteiger partial charge >= 0.3 is 11.9 Å². The fraction of sp³-hybridized carbons (Fsp3) is 0.533. The Morgan fingerprint density at radius 1 is 0.675 bits per heavy atom. The number of esters is 2. The molecule has 10 heteroatoms. The van der Waals surface area contributed by atoms with Crippen LogP contribution in [-0.2, 0) is 47.5 Å². The first kappa shape index (κ1) is 30.1. The molecule has 0 aromatic heterocycles. The molecule has 2 fully saturated rings. The minimum absolute atomic E-state index is 0.0886. The molecule has 2 aromatic rings. The Morgan fingerprint density at radius 2 is 1.02 bits per heavy atom. The summed E-state index contributed by atoms with van der Waals surface area (Å²) in [6.07, 6.45) is -5.87. The smallest absolute Gasteiger partial charge is 0.340 e. The Balaban J connectivity index is 1.67. The molecule has 0 amide bonds. The van der Waals surface area contributed by atoms with Crippen LogP contribution in [0.4, 0.5) is 0 Å². The highest BCUT2D eigenvalue weighted by molar-refractivity contribution is 5.78. The van der Waals surface area contributed by atoms with Crippen LogP contribution in [0.25, 0.3) is 0 Å².